The maximum Gasteiger partial charge on any atom is 0.296 e. The van der Waals surface area contributed by atoms with Crippen LogP contribution in [0.2, 0.25) is 0 Å². The number of hydrogen-bond donors (Lipinski definition) is 1. The Morgan fingerprint density at radius 2 is 1.60 bits per heavy atom. The van der Waals surface area contributed by atoms with Gasteiger partial charge in [0.25, 0.3) is 17.6 Å². The van der Waals surface area contributed by atoms with Crippen molar-refractivity contribution >= 4 is 39.1 Å². The number of nitrogens with zero attached hydrogens (tertiary/aromatic N) is 4. The maximum absolute atomic E-state index is 14.3. The van der Waals surface area contributed by atoms with Gasteiger partial charge in [0, 0.05) is 37.3 Å². The normalized spacial score (nSPS) is 22.8. The smallest absolute Gasteiger partial charge is 0.296 e. The quantitative estimate of drug-likeness (QED) is 0.283. The molecule has 3 heterocycles. The first-order valence-electron chi connectivity index (χ1n) is 14.5. The number of aliphatic hydroxyl groups excluding tert-OH is 1. The van der Waals surface area contributed by atoms with Crippen LogP contribution in [0.15, 0.2) is 59.0 Å². The first-order chi connectivity index (χ1) is 20.1. The highest BCUT2D eigenvalue weighted by atomic mass is 32.2. The molecule has 2 fully saturated rings. The number of ketones is 1. The molecule has 0 aliphatic carbocycles. The Morgan fingerprint density at radius 1 is 0.952 bits per heavy atom. The summed E-state index contributed by atoms with van der Waals surface area (Å²) in [6, 6.07) is 12.7. The summed E-state index contributed by atoms with van der Waals surface area (Å²) in [5.41, 5.74) is -0.935. The molecule has 2 saturated heterocycles. The van der Waals surface area contributed by atoms with E-state index in [1.165, 1.54) is 38.4 Å². The number of rotatable bonds is 8. The fraction of sp³-hybridized carbons (Fsp3) is 0.452. The van der Waals surface area contributed by atoms with Crippen molar-refractivity contribution in [3.63, 3.8) is 0 Å². The lowest BCUT2D eigenvalue weighted by Gasteiger charge is -2.34. The summed E-state index contributed by atoms with van der Waals surface area (Å²) in [5, 5.41) is 11.7. The summed E-state index contributed by atoms with van der Waals surface area (Å²) in [6.07, 6.45) is 4.09. The zero-order chi connectivity index (χ0) is 30.2. The van der Waals surface area contributed by atoms with Gasteiger partial charge in [0.1, 0.15) is 5.76 Å². The number of anilines is 1. The predicted octanol–water partition coefficient (Wildman–Crippen LogP) is 3.15. The van der Waals surface area contributed by atoms with Crippen LogP contribution in [-0.2, 0) is 29.9 Å². The van der Waals surface area contributed by atoms with Gasteiger partial charge in [-0.2, -0.15) is 4.31 Å². The first-order valence-corrected chi connectivity index (χ1v) is 16.0. The third-order valence-electron chi connectivity index (χ3n) is 8.44. The molecule has 2 amide bonds. The summed E-state index contributed by atoms with van der Waals surface area (Å²) < 4.78 is 28.1. The Morgan fingerprint density at radius 3 is 2.21 bits per heavy atom. The van der Waals surface area contributed by atoms with Gasteiger partial charge in [-0.3, -0.25) is 14.4 Å². The number of likely N-dealkylation sites (N-methyl/N-ethyl adjacent to an activating group) is 1. The van der Waals surface area contributed by atoms with Crippen molar-refractivity contribution < 1.29 is 27.9 Å². The van der Waals surface area contributed by atoms with Crippen molar-refractivity contribution in [2.24, 2.45) is 0 Å². The zero-order valence-electron chi connectivity index (χ0n) is 24.4. The van der Waals surface area contributed by atoms with Gasteiger partial charge in [-0.05, 0) is 77.2 Å². The number of sulfonamides is 1. The van der Waals surface area contributed by atoms with E-state index in [9.17, 15) is 27.9 Å². The molecule has 3 aliphatic heterocycles. The first kappa shape index (κ1) is 29.9. The van der Waals surface area contributed by atoms with Gasteiger partial charge in [0.05, 0.1) is 16.2 Å². The van der Waals surface area contributed by atoms with Crippen LogP contribution in [-0.4, -0.2) is 92.0 Å². The van der Waals surface area contributed by atoms with Crippen LogP contribution in [0.3, 0.4) is 0 Å². The molecule has 10 nitrogen and oxygen atoms in total. The summed E-state index contributed by atoms with van der Waals surface area (Å²) in [4.78, 5) is 46.5. The van der Waals surface area contributed by atoms with Gasteiger partial charge in [-0.1, -0.05) is 31.0 Å². The lowest BCUT2D eigenvalue weighted by atomic mass is 9.82. The van der Waals surface area contributed by atoms with Crippen LogP contribution in [0.5, 0.6) is 0 Å². The number of hydrogen-bond acceptors (Lipinski definition) is 7. The van der Waals surface area contributed by atoms with E-state index in [0.29, 0.717) is 43.9 Å². The van der Waals surface area contributed by atoms with Crippen molar-refractivity contribution in [2.75, 3.05) is 51.7 Å². The maximum atomic E-state index is 14.3. The number of amides is 2. The fourth-order valence-electron chi connectivity index (χ4n) is 6.39. The molecular formula is C31H38N4O6S. The van der Waals surface area contributed by atoms with Gasteiger partial charge >= 0.3 is 0 Å². The summed E-state index contributed by atoms with van der Waals surface area (Å²) in [6.45, 7) is 3.79. The second-order valence-electron chi connectivity index (χ2n) is 11.3. The third-order valence-corrected chi connectivity index (χ3v) is 10.4. The highest BCUT2D eigenvalue weighted by Gasteiger charge is 2.66. The summed E-state index contributed by atoms with van der Waals surface area (Å²) in [5.74, 6) is -2.78. The van der Waals surface area contributed by atoms with E-state index in [1.807, 2.05) is 25.9 Å². The van der Waals surface area contributed by atoms with E-state index in [1.54, 1.807) is 24.3 Å². The van der Waals surface area contributed by atoms with Crippen LogP contribution in [0.25, 0.3) is 5.76 Å². The number of Topliss-reactive ketones (excluding diaryl/α,β-unsaturated/α-hetero) is 1. The molecule has 0 aromatic heterocycles. The van der Waals surface area contributed by atoms with Crippen molar-refractivity contribution in [3.8, 4) is 0 Å². The lowest BCUT2D eigenvalue weighted by Crippen LogP contribution is -2.52. The van der Waals surface area contributed by atoms with Crippen LogP contribution < -0.4 is 4.90 Å². The number of likely N-dealkylation sites (tertiary alicyclic amines) is 1. The second kappa shape index (κ2) is 11.6. The van der Waals surface area contributed by atoms with Gasteiger partial charge in [0.2, 0.25) is 10.0 Å². The molecule has 2 aromatic carbocycles. The topological polar surface area (TPSA) is 119 Å². The Kier molecular flexibility index (Phi) is 8.28. The summed E-state index contributed by atoms with van der Waals surface area (Å²) >= 11 is 0. The number of carbonyl (C=O) groups is 3. The average Bonchev–Trinajstić information content (AvgIpc) is 3.18. The molecule has 1 unspecified atom stereocenters. The highest BCUT2D eigenvalue weighted by Crippen LogP contribution is 2.53. The number of para-hydroxylation sites is 1. The van der Waals surface area contributed by atoms with E-state index in [2.05, 4.69) is 0 Å². The van der Waals surface area contributed by atoms with E-state index in [-0.39, 0.29) is 22.6 Å². The molecule has 42 heavy (non-hydrogen) atoms. The molecule has 224 valence electrons. The van der Waals surface area contributed by atoms with Crippen molar-refractivity contribution in [1.29, 1.82) is 0 Å². The Balaban J connectivity index is 1.63. The third kappa shape index (κ3) is 4.73. The van der Waals surface area contributed by atoms with E-state index < -0.39 is 38.9 Å². The zero-order valence-corrected chi connectivity index (χ0v) is 25.2. The van der Waals surface area contributed by atoms with Gasteiger partial charge in [-0.25, -0.2) is 8.42 Å². The predicted molar refractivity (Wildman–Crippen MR) is 159 cm³/mol. The second-order valence-corrected chi connectivity index (χ2v) is 13.2. The molecule has 11 heteroatoms. The molecule has 3 aliphatic rings. The number of benzene rings is 2. The lowest BCUT2D eigenvalue weighted by molar-refractivity contribution is -0.143. The van der Waals surface area contributed by atoms with Crippen LogP contribution in [0.4, 0.5) is 5.69 Å². The van der Waals surface area contributed by atoms with Gasteiger partial charge in [0.15, 0.2) is 5.54 Å². The molecular weight excluding hydrogens is 556 g/mol. The minimum absolute atomic E-state index is 0.0826. The Labute approximate surface area is 247 Å². The van der Waals surface area contributed by atoms with E-state index >= 15 is 0 Å². The monoisotopic (exact) mass is 594 g/mol. The number of aliphatic hydroxyl groups is 1. The molecule has 1 atom stereocenters. The molecule has 0 radical (unpaired) electrons. The minimum Gasteiger partial charge on any atom is -0.507 e. The molecule has 1 spiro atoms. The standard InChI is InChI=1S/C31H38N4O6S/c1-4-34-25-13-8-7-12-24(25)31(30(34)39)26(28(37)29(38)35(31)21-11-18-32(2)3)27(36)22-14-16-23(17-15-22)42(40,41)33-19-9-5-6-10-20-33/h7-8,12-17,36H,4-6,9-11,18-21H2,1-3H3. The molecule has 5 rings (SSSR count). The van der Waals surface area contributed by atoms with E-state index in [4.69, 9.17) is 0 Å². The molecule has 2 aromatic rings. The van der Waals surface area contributed by atoms with Gasteiger partial charge < -0.3 is 19.8 Å². The Bertz CT molecular complexity index is 1530. The Hall–Kier alpha value is -3.54. The fourth-order valence-corrected chi connectivity index (χ4v) is 7.90. The minimum atomic E-state index is -3.73. The largest absolute Gasteiger partial charge is 0.507 e. The van der Waals surface area contributed by atoms with Crippen LogP contribution >= 0.6 is 0 Å². The van der Waals surface area contributed by atoms with Crippen molar-refractivity contribution in [1.82, 2.24) is 14.1 Å². The van der Waals surface area contributed by atoms with E-state index in [0.717, 1.165) is 25.7 Å². The highest BCUT2D eigenvalue weighted by molar-refractivity contribution is 7.89. The number of fused-ring (bicyclic) bond motifs is 2. The average molecular weight is 595 g/mol. The van der Waals surface area contributed by atoms with Gasteiger partial charge in [-0.15, -0.1) is 0 Å². The van der Waals surface area contributed by atoms with Crippen molar-refractivity contribution in [3.05, 3.63) is 65.2 Å². The number of carbonyl (C=O) groups excluding carboxylic acids is 3. The SMILES string of the molecule is CCN1C(=O)C2(C(=C(O)c3ccc(S(=O)(=O)N4CCCCCC4)cc3)C(=O)C(=O)N2CCCN(C)C)c2ccccc21. The molecule has 1 N–H and O–H groups in total. The summed E-state index contributed by atoms with van der Waals surface area (Å²) in [7, 11) is 0.0639. The van der Waals surface area contributed by atoms with Crippen molar-refractivity contribution in [2.45, 2.75) is 49.5 Å². The molecule has 0 saturated carbocycles. The molecule has 0 bridgehead atoms. The van der Waals surface area contributed by atoms with Crippen LogP contribution in [0, 0.1) is 0 Å². The van der Waals surface area contributed by atoms with Crippen LogP contribution in [0.1, 0.15) is 50.2 Å².